The Kier molecular flexibility index (Phi) is 3.97. The minimum absolute atomic E-state index is 0.595. The second kappa shape index (κ2) is 5.46. The van der Waals surface area contributed by atoms with Gasteiger partial charge in [0.15, 0.2) is 0 Å². The molecule has 16 heavy (non-hydrogen) atoms. The molecule has 1 fully saturated rings. The van der Waals surface area contributed by atoms with E-state index < -0.39 is 0 Å². The van der Waals surface area contributed by atoms with Crippen LogP contribution in [0, 0.1) is 0 Å². The molecule has 0 aliphatic carbocycles. The number of nitrogens with zero attached hydrogens (tertiary/aromatic N) is 1. The quantitative estimate of drug-likeness (QED) is 0.838. The second-order valence-corrected chi connectivity index (χ2v) is 4.57. The zero-order chi connectivity index (χ0) is 11.4. The van der Waals surface area contributed by atoms with E-state index in [9.17, 15) is 0 Å². The van der Waals surface area contributed by atoms with Crippen molar-refractivity contribution < 1.29 is 0 Å². The molecule has 1 saturated heterocycles. The van der Waals surface area contributed by atoms with Crippen molar-refractivity contribution in [3.63, 3.8) is 0 Å². The molecule has 1 N–H and O–H groups in total. The fraction of sp³-hybridized carbons (Fsp3) is 0.571. The molecular formula is C14H22N2. The highest BCUT2D eigenvalue weighted by Gasteiger charge is 2.27. The summed E-state index contributed by atoms with van der Waals surface area (Å²) < 4.78 is 0. The third-order valence-corrected chi connectivity index (χ3v) is 3.71. The van der Waals surface area contributed by atoms with Crippen molar-refractivity contribution in [3.05, 3.63) is 35.9 Å². The summed E-state index contributed by atoms with van der Waals surface area (Å²) in [5, 5.41) is 3.42. The van der Waals surface area contributed by atoms with Gasteiger partial charge in [0.05, 0.1) is 0 Å². The van der Waals surface area contributed by atoms with E-state index in [1.54, 1.807) is 0 Å². The van der Waals surface area contributed by atoms with Gasteiger partial charge in [0, 0.05) is 18.6 Å². The molecule has 1 aromatic rings. The van der Waals surface area contributed by atoms with Crippen LogP contribution in [-0.4, -0.2) is 31.1 Å². The lowest BCUT2D eigenvalue weighted by Gasteiger charge is -2.39. The van der Waals surface area contributed by atoms with Crippen molar-refractivity contribution in [1.29, 1.82) is 0 Å². The maximum Gasteiger partial charge on any atom is 0.0362 e. The van der Waals surface area contributed by atoms with Gasteiger partial charge in [-0.2, -0.15) is 0 Å². The van der Waals surface area contributed by atoms with Gasteiger partial charge in [-0.3, -0.25) is 4.90 Å². The third kappa shape index (κ3) is 2.45. The van der Waals surface area contributed by atoms with Crippen molar-refractivity contribution in [2.75, 3.05) is 20.1 Å². The topological polar surface area (TPSA) is 15.3 Å². The van der Waals surface area contributed by atoms with Crippen LogP contribution in [0.1, 0.15) is 31.4 Å². The molecule has 88 valence electrons. The summed E-state index contributed by atoms with van der Waals surface area (Å²) in [5.74, 6) is 0. The van der Waals surface area contributed by atoms with Crippen LogP contribution in [0.4, 0.5) is 0 Å². The molecule has 1 aliphatic heterocycles. The molecule has 0 aromatic heterocycles. The van der Waals surface area contributed by atoms with E-state index in [1.807, 2.05) is 0 Å². The van der Waals surface area contributed by atoms with Crippen LogP contribution in [0.15, 0.2) is 30.3 Å². The highest BCUT2D eigenvalue weighted by molar-refractivity contribution is 5.20. The highest BCUT2D eigenvalue weighted by Crippen LogP contribution is 2.30. The fourth-order valence-corrected chi connectivity index (χ4v) is 2.68. The van der Waals surface area contributed by atoms with E-state index in [0.29, 0.717) is 12.1 Å². The number of hydrogen-bond acceptors (Lipinski definition) is 2. The number of hydrogen-bond donors (Lipinski definition) is 1. The van der Waals surface area contributed by atoms with E-state index in [2.05, 4.69) is 54.5 Å². The van der Waals surface area contributed by atoms with Gasteiger partial charge in [0.2, 0.25) is 0 Å². The van der Waals surface area contributed by atoms with Gasteiger partial charge in [-0.1, -0.05) is 37.3 Å². The van der Waals surface area contributed by atoms with Gasteiger partial charge in [0.1, 0.15) is 0 Å². The Morgan fingerprint density at radius 1 is 1.31 bits per heavy atom. The zero-order valence-electron chi connectivity index (χ0n) is 10.3. The van der Waals surface area contributed by atoms with Crippen molar-refractivity contribution in [1.82, 2.24) is 10.2 Å². The van der Waals surface area contributed by atoms with E-state index in [1.165, 1.54) is 24.9 Å². The van der Waals surface area contributed by atoms with Gasteiger partial charge in [0.25, 0.3) is 0 Å². The summed E-state index contributed by atoms with van der Waals surface area (Å²) in [6, 6.07) is 12.2. The summed E-state index contributed by atoms with van der Waals surface area (Å²) in [6.07, 6.45) is 2.50. The van der Waals surface area contributed by atoms with Crippen LogP contribution in [0.3, 0.4) is 0 Å². The molecule has 2 nitrogen and oxygen atoms in total. The summed E-state index contributed by atoms with van der Waals surface area (Å²) in [7, 11) is 2.08. The average molecular weight is 218 g/mol. The number of nitrogens with one attached hydrogen (secondary N) is 1. The van der Waals surface area contributed by atoms with Gasteiger partial charge < -0.3 is 5.32 Å². The van der Waals surface area contributed by atoms with Crippen LogP contribution >= 0.6 is 0 Å². The fourth-order valence-electron chi connectivity index (χ4n) is 2.68. The molecule has 1 heterocycles. The molecule has 2 heteroatoms. The van der Waals surface area contributed by atoms with E-state index >= 15 is 0 Å². The molecule has 1 aromatic carbocycles. The highest BCUT2D eigenvalue weighted by atomic mass is 15.2. The molecule has 0 radical (unpaired) electrons. The molecule has 2 atom stereocenters. The number of rotatable bonds is 3. The van der Waals surface area contributed by atoms with E-state index in [0.717, 1.165) is 6.54 Å². The van der Waals surface area contributed by atoms with Crippen LogP contribution in [0.5, 0.6) is 0 Å². The Bertz CT molecular complexity index is 310. The maximum absolute atomic E-state index is 3.42. The molecule has 0 amide bonds. The first-order chi connectivity index (χ1) is 7.85. The van der Waals surface area contributed by atoms with Crippen molar-refractivity contribution in [2.24, 2.45) is 0 Å². The monoisotopic (exact) mass is 218 g/mol. The normalized spacial score (nSPS) is 26.9. The minimum atomic E-state index is 0.595. The summed E-state index contributed by atoms with van der Waals surface area (Å²) >= 11 is 0. The van der Waals surface area contributed by atoms with Gasteiger partial charge in [-0.25, -0.2) is 0 Å². The standard InChI is InChI=1S/C14H22N2/c1-3-16-10-9-13(15-2)11-14(16)12-7-5-4-6-8-12/h4-8,13-15H,3,9-11H2,1-2H3/t13-,14?/m1/s1. The minimum Gasteiger partial charge on any atom is -0.317 e. The number of benzene rings is 1. The molecule has 2 rings (SSSR count). The smallest absolute Gasteiger partial charge is 0.0362 e. The Morgan fingerprint density at radius 2 is 2.06 bits per heavy atom. The third-order valence-electron chi connectivity index (χ3n) is 3.71. The predicted octanol–water partition coefficient (Wildman–Crippen LogP) is 2.43. The number of piperidine rings is 1. The Morgan fingerprint density at radius 3 is 2.69 bits per heavy atom. The Balaban J connectivity index is 2.15. The second-order valence-electron chi connectivity index (χ2n) is 4.57. The lowest BCUT2D eigenvalue weighted by atomic mass is 9.92. The van der Waals surface area contributed by atoms with Crippen molar-refractivity contribution >= 4 is 0 Å². The molecule has 0 spiro atoms. The average Bonchev–Trinajstić information content (AvgIpc) is 2.39. The van der Waals surface area contributed by atoms with Gasteiger partial charge >= 0.3 is 0 Å². The molecule has 1 aliphatic rings. The van der Waals surface area contributed by atoms with Gasteiger partial charge in [-0.15, -0.1) is 0 Å². The predicted molar refractivity (Wildman–Crippen MR) is 68.5 cm³/mol. The van der Waals surface area contributed by atoms with Crippen molar-refractivity contribution in [2.45, 2.75) is 31.8 Å². The van der Waals surface area contributed by atoms with Gasteiger partial charge in [-0.05, 0) is 32.0 Å². The summed E-state index contributed by atoms with van der Waals surface area (Å²) in [4.78, 5) is 2.59. The molecule has 1 unspecified atom stereocenters. The first-order valence-electron chi connectivity index (χ1n) is 6.31. The summed E-state index contributed by atoms with van der Waals surface area (Å²) in [5.41, 5.74) is 1.46. The zero-order valence-corrected chi connectivity index (χ0v) is 10.3. The number of likely N-dealkylation sites (tertiary alicyclic amines) is 1. The lowest BCUT2D eigenvalue weighted by molar-refractivity contribution is 0.134. The molecular weight excluding hydrogens is 196 g/mol. The SMILES string of the molecule is CCN1CC[C@@H](NC)CC1c1ccccc1. The van der Waals surface area contributed by atoms with Crippen LogP contribution in [0.25, 0.3) is 0 Å². The van der Waals surface area contributed by atoms with Crippen LogP contribution in [-0.2, 0) is 0 Å². The largest absolute Gasteiger partial charge is 0.317 e. The maximum atomic E-state index is 3.42. The first kappa shape index (κ1) is 11.6. The molecule has 0 bridgehead atoms. The van der Waals surface area contributed by atoms with E-state index in [-0.39, 0.29) is 0 Å². The first-order valence-corrected chi connectivity index (χ1v) is 6.31. The Hall–Kier alpha value is -0.860. The van der Waals surface area contributed by atoms with Crippen molar-refractivity contribution in [3.8, 4) is 0 Å². The van der Waals surface area contributed by atoms with Crippen LogP contribution in [0.2, 0.25) is 0 Å². The van der Waals surface area contributed by atoms with E-state index in [4.69, 9.17) is 0 Å². The molecule has 0 saturated carbocycles. The summed E-state index contributed by atoms with van der Waals surface area (Å²) in [6.45, 7) is 4.62. The van der Waals surface area contributed by atoms with Crippen LogP contribution < -0.4 is 5.32 Å². The lowest BCUT2D eigenvalue weighted by Crippen LogP contribution is -2.43. The Labute approximate surface area is 98.7 Å².